The zero-order valence-corrected chi connectivity index (χ0v) is 28.5. The molecule has 4 atom stereocenters. The van der Waals surface area contributed by atoms with Crippen molar-refractivity contribution >= 4 is 23.8 Å². The molecule has 50 heavy (non-hydrogen) atoms. The van der Waals surface area contributed by atoms with E-state index in [1.807, 2.05) is 109 Å². The zero-order chi connectivity index (χ0) is 34.9. The van der Waals surface area contributed by atoms with Gasteiger partial charge in [0.25, 0.3) is 0 Å². The summed E-state index contributed by atoms with van der Waals surface area (Å²) in [6, 6.07) is 40.5. The maximum atomic E-state index is 12.4. The average Bonchev–Trinajstić information content (AvgIpc) is 3.16. The van der Waals surface area contributed by atoms with Crippen molar-refractivity contribution in [3.05, 3.63) is 161 Å². The number of benzene rings is 5. The molecule has 1 aliphatic heterocycles. The van der Waals surface area contributed by atoms with Crippen molar-refractivity contribution in [3.8, 4) is 11.1 Å². The van der Waals surface area contributed by atoms with Gasteiger partial charge in [0, 0.05) is 35.2 Å². The molecule has 0 radical (unpaired) electrons. The van der Waals surface area contributed by atoms with Crippen LogP contribution < -0.4 is 10.6 Å². The molecular weight excluding hydrogens is 649 g/mol. The van der Waals surface area contributed by atoms with Gasteiger partial charge >= 0.3 is 12.0 Å². The molecule has 5 aromatic rings. The van der Waals surface area contributed by atoms with Crippen molar-refractivity contribution in [3.63, 3.8) is 0 Å². The van der Waals surface area contributed by atoms with Crippen LogP contribution in [0.2, 0.25) is 0 Å². The summed E-state index contributed by atoms with van der Waals surface area (Å²) in [5.41, 5.74) is 7.00. The predicted octanol–water partition coefficient (Wildman–Crippen LogP) is 8.13. The lowest BCUT2D eigenvalue weighted by molar-refractivity contribution is -0.268. The first kappa shape index (κ1) is 34.9. The summed E-state index contributed by atoms with van der Waals surface area (Å²) < 4.78 is 13.2. The molecule has 6 rings (SSSR count). The van der Waals surface area contributed by atoms with Crippen LogP contribution in [0.1, 0.15) is 57.5 Å². The maximum Gasteiger partial charge on any atom is 0.336 e. The van der Waals surface area contributed by atoms with Crippen LogP contribution in [-0.2, 0) is 29.2 Å². The third-order valence-electron chi connectivity index (χ3n) is 8.84. The van der Waals surface area contributed by atoms with Gasteiger partial charge < -0.3 is 30.3 Å². The fourth-order valence-electron chi connectivity index (χ4n) is 5.97. The highest BCUT2D eigenvalue weighted by Gasteiger charge is 2.38. The summed E-state index contributed by atoms with van der Waals surface area (Å²) in [4.78, 5) is 24.9. The average molecular weight is 689 g/mol. The minimum absolute atomic E-state index is 0.0354. The first-order chi connectivity index (χ1) is 24.4. The van der Waals surface area contributed by atoms with Crippen molar-refractivity contribution < 1.29 is 29.3 Å². The highest BCUT2D eigenvalue weighted by atomic mass is 32.2. The van der Waals surface area contributed by atoms with Gasteiger partial charge in [0.15, 0.2) is 6.29 Å². The summed E-state index contributed by atoms with van der Waals surface area (Å²) in [5.74, 6) is -0.452. The van der Waals surface area contributed by atoms with Crippen LogP contribution in [0.3, 0.4) is 0 Å². The van der Waals surface area contributed by atoms with E-state index in [1.54, 1.807) is 12.1 Å². The topological polar surface area (TPSA) is 117 Å². The van der Waals surface area contributed by atoms with Gasteiger partial charge in [-0.15, -0.1) is 11.8 Å². The SMILES string of the molecule is C[C@@H]1[C@H](CSc2ccccc2C(=O)O)O[C@H](c2ccc(-c3cccc(CNC(=O)NCc4ccccc4)c3)cc2)O[C@@H]1c1ccc(CO)cc1. The highest BCUT2D eigenvalue weighted by molar-refractivity contribution is 7.99. The third-order valence-corrected chi connectivity index (χ3v) is 10.00. The molecule has 1 fully saturated rings. The van der Waals surface area contributed by atoms with Gasteiger partial charge in [-0.25, -0.2) is 9.59 Å². The molecule has 8 nitrogen and oxygen atoms in total. The molecule has 1 heterocycles. The minimum atomic E-state index is -0.958. The molecule has 0 bridgehead atoms. The van der Waals surface area contributed by atoms with E-state index < -0.39 is 12.3 Å². The van der Waals surface area contributed by atoms with E-state index in [1.165, 1.54) is 11.8 Å². The molecule has 0 aliphatic carbocycles. The van der Waals surface area contributed by atoms with Gasteiger partial charge in [-0.2, -0.15) is 0 Å². The Morgan fingerprint density at radius 2 is 1.36 bits per heavy atom. The summed E-state index contributed by atoms with van der Waals surface area (Å²) in [7, 11) is 0. The molecule has 0 spiro atoms. The lowest BCUT2D eigenvalue weighted by Gasteiger charge is -2.41. The van der Waals surface area contributed by atoms with Crippen LogP contribution in [0.4, 0.5) is 4.79 Å². The normalized spacial score (nSPS) is 18.7. The van der Waals surface area contributed by atoms with Gasteiger partial charge in [-0.3, -0.25) is 0 Å². The summed E-state index contributed by atoms with van der Waals surface area (Å²) >= 11 is 1.47. The number of thioether (sulfide) groups is 1. The Kier molecular flexibility index (Phi) is 11.6. The predicted molar refractivity (Wildman–Crippen MR) is 194 cm³/mol. The van der Waals surface area contributed by atoms with Crippen molar-refractivity contribution in [2.45, 2.75) is 50.0 Å². The second-order valence-electron chi connectivity index (χ2n) is 12.3. The number of aromatic carboxylic acids is 1. The fourth-order valence-corrected chi connectivity index (χ4v) is 7.18. The molecule has 0 unspecified atom stereocenters. The van der Waals surface area contributed by atoms with E-state index in [-0.39, 0.29) is 36.3 Å². The quantitative estimate of drug-likeness (QED) is 0.0979. The molecule has 0 aromatic heterocycles. The number of rotatable bonds is 12. The molecule has 5 aromatic carbocycles. The van der Waals surface area contributed by atoms with Gasteiger partial charge in [-0.05, 0) is 51.6 Å². The number of carboxylic acid groups (broad SMARTS) is 1. The second kappa shape index (κ2) is 16.7. The summed E-state index contributed by atoms with van der Waals surface area (Å²) in [5, 5.41) is 25.1. The Hall–Kier alpha value is -4.93. The lowest BCUT2D eigenvalue weighted by Crippen LogP contribution is -2.38. The molecule has 9 heteroatoms. The number of nitrogens with one attached hydrogen (secondary N) is 2. The lowest BCUT2D eigenvalue weighted by atomic mass is 9.91. The van der Waals surface area contributed by atoms with E-state index in [2.05, 4.69) is 23.6 Å². The monoisotopic (exact) mass is 688 g/mol. The van der Waals surface area contributed by atoms with Crippen LogP contribution in [0.5, 0.6) is 0 Å². The van der Waals surface area contributed by atoms with Crippen molar-refractivity contribution in [2.24, 2.45) is 5.92 Å². The number of aliphatic hydroxyl groups is 1. The Bertz CT molecular complexity index is 1880. The Morgan fingerprint density at radius 1 is 0.700 bits per heavy atom. The van der Waals surface area contributed by atoms with E-state index in [0.29, 0.717) is 23.7 Å². The Labute approximate surface area is 296 Å². The van der Waals surface area contributed by atoms with Gasteiger partial charge in [-0.1, -0.05) is 116 Å². The number of amides is 2. The van der Waals surface area contributed by atoms with E-state index in [0.717, 1.165) is 38.9 Å². The number of hydrogen-bond acceptors (Lipinski definition) is 6. The molecular formula is C41H40N2O6S. The van der Waals surface area contributed by atoms with E-state index in [9.17, 15) is 19.8 Å². The van der Waals surface area contributed by atoms with Crippen LogP contribution in [0, 0.1) is 5.92 Å². The van der Waals surface area contributed by atoms with Crippen molar-refractivity contribution in [1.29, 1.82) is 0 Å². The van der Waals surface area contributed by atoms with Crippen molar-refractivity contribution in [2.75, 3.05) is 5.75 Å². The fraction of sp³-hybridized carbons (Fsp3) is 0.220. The standard InChI is InChI=1S/C41H40N2O6S/c1-27-36(26-50-37-13-6-5-12-35(37)39(45)46)48-40(49-38(27)32-16-14-29(25-44)15-17-32)33-20-18-31(19-21-33)34-11-7-10-30(22-34)24-43-41(47)42-23-28-8-3-2-4-9-28/h2-22,27,36,38,40,44H,23-26H2,1H3,(H,45,46)(H2,42,43,47)/t27-,36+,38+,40+/m1/s1. The maximum absolute atomic E-state index is 12.4. The van der Waals surface area contributed by atoms with Crippen LogP contribution in [0.15, 0.2) is 132 Å². The van der Waals surface area contributed by atoms with Gasteiger partial charge in [0.2, 0.25) is 0 Å². The molecule has 1 aliphatic rings. The Balaban J connectivity index is 1.15. The number of hydrogen-bond donors (Lipinski definition) is 4. The molecule has 4 N–H and O–H groups in total. The first-order valence-corrected chi connectivity index (χ1v) is 17.6. The first-order valence-electron chi connectivity index (χ1n) is 16.6. The van der Waals surface area contributed by atoms with E-state index in [4.69, 9.17) is 9.47 Å². The summed E-state index contributed by atoms with van der Waals surface area (Å²) in [6.45, 7) is 2.91. The van der Waals surface area contributed by atoms with Gasteiger partial charge in [0.05, 0.1) is 24.4 Å². The number of carbonyl (C=O) groups is 2. The number of carboxylic acids is 1. The summed E-state index contributed by atoms with van der Waals surface area (Å²) in [6.07, 6.45) is -1.17. The molecule has 0 saturated carbocycles. The number of aliphatic hydroxyl groups excluding tert-OH is 1. The van der Waals surface area contributed by atoms with E-state index >= 15 is 0 Å². The Morgan fingerprint density at radius 3 is 2.08 bits per heavy atom. The zero-order valence-electron chi connectivity index (χ0n) is 27.7. The van der Waals surface area contributed by atoms with Crippen molar-refractivity contribution in [1.82, 2.24) is 10.6 Å². The van der Waals surface area contributed by atoms with Crippen LogP contribution in [-0.4, -0.2) is 34.1 Å². The smallest absolute Gasteiger partial charge is 0.336 e. The molecule has 1 saturated heterocycles. The molecule has 2 amide bonds. The van der Waals surface area contributed by atoms with Gasteiger partial charge in [0.1, 0.15) is 0 Å². The number of urea groups is 1. The molecule has 256 valence electrons. The largest absolute Gasteiger partial charge is 0.478 e. The number of ether oxygens (including phenoxy) is 2. The number of carbonyl (C=O) groups excluding carboxylic acids is 1. The van der Waals surface area contributed by atoms with Crippen LogP contribution >= 0.6 is 11.8 Å². The minimum Gasteiger partial charge on any atom is -0.478 e. The third kappa shape index (κ3) is 8.80. The highest BCUT2D eigenvalue weighted by Crippen LogP contribution is 2.43. The van der Waals surface area contributed by atoms with Crippen LogP contribution in [0.25, 0.3) is 11.1 Å². The second-order valence-corrected chi connectivity index (χ2v) is 13.3.